The number of amides is 1. The Bertz CT molecular complexity index is 920. The second kappa shape index (κ2) is 7.03. The molecule has 0 aliphatic rings. The van der Waals surface area contributed by atoms with Crippen LogP contribution < -0.4 is 5.32 Å². The van der Waals surface area contributed by atoms with Crippen LogP contribution in [0.3, 0.4) is 0 Å². The number of rotatable bonds is 4. The lowest BCUT2D eigenvalue weighted by atomic mass is 10.0. The van der Waals surface area contributed by atoms with E-state index in [2.05, 4.69) is 10.5 Å². The zero-order valence-electron chi connectivity index (χ0n) is 13.1. The fourth-order valence-corrected chi connectivity index (χ4v) is 2.70. The van der Waals surface area contributed by atoms with Gasteiger partial charge in [-0.15, -0.1) is 0 Å². The predicted molar refractivity (Wildman–Crippen MR) is 89.2 cm³/mol. The van der Waals surface area contributed by atoms with Crippen LogP contribution in [0.4, 0.5) is 8.78 Å². The van der Waals surface area contributed by atoms with E-state index in [0.717, 1.165) is 0 Å². The third kappa shape index (κ3) is 3.53. The topological polar surface area (TPSA) is 55.1 Å². The van der Waals surface area contributed by atoms with Gasteiger partial charge >= 0.3 is 0 Å². The minimum Gasteiger partial charge on any atom is -0.360 e. The maximum absolute atomic E-state index is 14.1. The highest BCUT2D eigenvalue weighted by atomic mass is 35.5. The van der Waals surface area contributed by atoms with Crippen molar-refractivity contribution < 1.29 is 18.1 Å². The van der Waals surface area contributed by atoms with Crippen molar-refractivity contribution in [2.75, 3.05) is 0 Å². The predicted octanol–water partition coefficient (Wildman–Crippen LogP) is 4.51. The van der Waals surface area contributed by atoms with Crippen molar-refractivity contribution in [2.45, 2.75) is 13.5 Å². The Labute approximate surface area is 147 Å². The zero-order chi connectivity index (χ0) is 18.0. The van der Waals surface area contributed by atoms with Crippen molar-refractivity contribution in [2.24, 2.45) is 0 Å². The van der Waals surface area contributed by atoms with Gasteiger partial charge in [-0.25, -0.2) is 8.78 Å². The molecule has 1 heterocycles. The van der Waals surface area contributed by atoms with Crippen molar-refractivity contribution in [3.8, 4) is 11.3 Å². The Morgan fingerprint density at radius 2 is 2.00 bits per heavy atom. The maximum Gasteiger partial charge on any atom is 0.257 e. The molecule has 0 radical (unpaired) electrons. The first-order valence-electron chi connectivity index (χ1n) is 7.40. The van der Waals surface area contributed by atoms with Crippen LogP contribution in [-0.2, 0) is 6.54 Å². The molecule has 1 N–H and O–H groups in total. The standard InChI is InChI=1S/C18H13ClF2N2O2/c1-10-15(18(24)22-9-11-4-2-5-12(20)8-11)17(23-25-10)16-13(19)6-3-7-14(16)21/h2-8H,9H2,1H3,(H,22,24). The molecule has 0 fully saturated rings. The van der Waals surface area contributed by atoms with Gasteiger partial charge in [-0.3, -0.25) is 4.79 Å². The minimum absolute atomic E-state index is 0.00285. The van der Waals surface area contributed by atoms with Gasteiger partial charge in [0.05, 0.1) is 10.6 Å². The number of aryl methyl sites for hydroxylation is 1. The molecule has 0 saturated heterocycles. The van der Waals surface area contributed by atoms with E-state index >= 15 is 0 Å². The van der Waals surface area contributed by atoms with E-state index in [-0.39, 0.29) is 34.1 Å². The van der Waals surface area contributed by atoms with E-state index in [1.807, 2.05) is 0 Å². The lowest BCUT2D eigenvalue weighted by Crippen LogP contribution is -2.23. The van der Waals surface area contributed by atoms with E-state index in [1.165, 1.54) is 30.3 Å². The summed E-state index contributed by atoms with van der Waals surface area (Å²) in [6.07, 6.45) is 0. The van der Waals surface area contributed by atoms with Crippen LogP contribution in [0.2, 0.25) is 5.02 Å². The average molecular weight is 363 g/mol. The first-order chi connectivity index (χ1) is 12.0. The van der Waals surface area contributed by atoms with Crippen LogP contribution in [0.15, 0.2) is 47.0 Å². The Balaban J connectivity index is 1.90. The highest BCUT2D eigenvalue weighted by Gasteiger charge is 2.25. The summed E-state index contributed by atoms with van der Waals surface area (Å²) in [6, 6.07) is 10.0. The van der Waals surface area contributed by atoms with Crippen LogP contribution in [0, 0.1) is 18.6 Å². The number of carbonyl (C=O) groups is 1. The van der Waals surface area contributed by atoms with Gasteiger partial charge in [-0.2, -0.15) is 0 Å². The van der Waals surface area contributed by atoms with Crippen molar-refractivity contribution in [3.63, 3.8) is 0 Å². The Morgan fingerprint density at radius 1 is 1.24 bits per heavy atom. The Kier molecular flexibility index (Phi) is 4.81. The summed E-state index contributed by atoms with van der Waals surface area (Å²) >= 11 is 6.05. The monoisotopic (exact) mass is 362 g/mol. The van der Waals surface area contributed by atoms with Gasteiger partial charge in [0.2, 0.25) is 0 Å². The van der Waals surface area contributed by atoms with Crippen LogP contribution >= 0.6 is 11.6 Å². The zero-order valence-corrected chi connectivity index (χ0v) is 13.9. The summed E-state index contributed by atoms with van der Waals surface area (Å²) in [7, 11) is 0. The number of hydrogen-bond donors (Lipinski definition) is 1. The normalized spacial score (nSPS) is 10.7. The molecule has 1 aromatic heterocycles. The molecule has 2 aromatic carbocycles. The molecule has 3 aromatic rings. The summed E-state index contributed by atoms with van der Waals surface area (Å²) in [5, 5.41) is 6.54. The number of carbonyl (C=O) groups excluding carboxylic acids is 1. The molecule has 3 rings (SSSR count). The molecule has 0 spiro atoms. The molecule has 0 atom stereocenters. The molecule has 25 heavy (non-hydrogen) atoms. The number of halogens is 3. The maximum atomic E-state index is 14.1. The Morgan fingerprint density at radius 3 is 2.72 bits per heavy atom. The van der Waals surface area contributed by atoms with Gasteiger partial charge in [0.15, 0.2) is 0 Å². The van der Waals surface area contributed by atoms with Crippen molar-refractivity contribution in [3.05, 3.63) is 76.0 Å². The quantitative estimate of drug-likeness (QED) is 0.742. The summed E-state index contributed by atoms with van der Waals surface area (Å²) in [6.45, 7) is 1.65. The SMILES string of the molecule is Cc1onc(-c2c(F)cccc2Cl)c1C(=O)NCc1cccc(F)c1. The van der Waals surface area contributed by atoms with Gasteiger partial charge in [0, 0.05) is 6.54 Å². The van der Waals surface area contributed by atoms with Gasteiger partial charge in [0.25, 0.3) is 5.91 Å². The first kappa shape index (κ1) is 17.1. The second-order valence-electron chi connectivity index (χ2n) is 5.37. The molecule has 0 unspecified atom stereocenters. The van der Waals surface area contributed by atoms with E-state index in [4.69, 9.17) is 16.1 Å². The molecule has 128 valence electrons. The molecule has 0 saturated carbocycles. The van der Waals surface area contributed by atoms with Crippen molar-refractivity contribution in [1.82, 2.24) is 10.5 Å². The average Bonchev–Trinajstić information content (AvgIpc) is 2.94. The van der Waals surface area contributed by atoms with Gasteiger partial charge < -0.3 is 9.84 Å². The molecular weight excluding hydrogens is 350 g/mol. The summed E-state index contributed by atoms with van der Waals surface area (Å²) < 4.78 is 32.4. The number of benzene rings is 2. The highest BCUT2D eigenvalue weighted by molar-refractivity contribution is 6.33. The van der Waals surface area contributed by atoms with Gasteiger partial charge in [-0.05, 0) is 36.8 Å². The fourth-order valence-electron chi connectivity index (χ4n) is 2.45. The van der Waals surface area contributed by atoms with Crippen LogP contribution in [-0.4, -0.2) is 11.1 Å². The smallest absolute Gasteiger partial charge is 0.257 e. The molecule has 0 bridgehead atoms. The van der Waals surface area contributed by atoms with E-state index in [0.29, 0.717) is 5.56 Å². The lowest BCUT2D eigenvalue weighted by Gasteiger charge is -2.07. The van der Waals surface area contributed by atoms with Crippen molar-refractivity contribution >= 4 is 17.5 Å². The number of nitrogens with one attached hydrogen (secondary N) is 1. The third-order valence-corrected chi connectivity index (χ3v) is 3.95. The molecule has 4 nitrogen and oxygen atoms in total. The van der Waals surface area contributed by atoms with Crippen molar-refractivity contribution in [1.29, 1.82) is 0 Å². The Hall–Kier alpha value is -2.73. The lowest BCUT2D eigenvalue weighted by molar-refractivity contribution is 0.0950. The fraction of sp³-hybridized carbons (Fsp3) is 0.111. The van der Waals surface area contributed by atoms with Gasteiger partial charge in [-0.1, -0.05) is 35.0 Å². The van der Waals surface area contributed by atoms with Crippen LogP contribution in [0.5, 0.6) is 0 Å². The van der Waals surface area contributed by atoms with E-state index in [1.54, 1.807) is 19.1 Å². The molecular formula is C18H13ClF2N2O2. The minimum atomic E-state index is -0.611. The first-order valence-corrected chi connectivity index (χ1v) is 7.78. The number of hydrogen-bond acceptors (Lipinski definition) is 3. The molecule has 7 heteroatoms. The largest absolute Gasteiger partial charge is 0.360 e. The summed E-state index contributed by atoms with van der Waals surface area (Å²) in [4.78, 5) is 12.5. The number of aromatic nitrogens is 1. The second-order valence-corrected chi connectivity index (χ2v) is 5.78. The third-order valence-electron chi connectivity index (χ3n) is 3.63. The van der Waals surface area contributed by atoms with Gasteiger partial charge in [0.1, 0.15) is 28.7 Å². The molecule has 0 aliphatic heterocycles. The summed E-state index contributed by atoms with van der Waals surface area (Å²) in [5.74, 6) is -1.30. The van der Waals surface area contributed by atoms with E-state index < -0.39 is 17.5 Å². The highest BCUT2D eigenvalue weighted by Crippen LogP contribution is 2.33. The summed E-state index contributed by atoms with van der Waals surface area (Å²) in [5.41, 5.74) is 0.700. The van der Waals surface area contributed by atoms with E-state index in [9.17, 15) is 13.6 Å². The van der Waals surface area contributed by atoms with Crippen LogP contribution in [0.1, 0.15) is 21.7 Å². The molecule has 0 aliphatic carbocycles. The molecule has 1 amide bonds. The van der Waals surface area contributed by atoms with Crippen LogP contribution in [0.25, 0.3) is 11.3 Å². The number of nitrogens with zero attached hydrogens (tertiary/aromatic N) is 1.